The first-order chi connectivity index (χ1) is 9.70. The van der Waals surface area contributed by atoms with E-state index >= 15 is 0 Å². The van der Waals surface area contributed by atoms with E-state index in [2.05, 4.69) is 10.6 Å². The van der Waals surface area contributed by atoms with E-state index in [0.29, 0.717) is 18.8 Å². The molecule has 1 aromatic carbocycles. The number of aromatic hydroxyl groups is 1. The van der Waals surface area contributed by atoms with Crippen molar-refractivity contribution in [2.24, 2.45) is 0 Å². The first-order valence-electron chi connectivity index (χ1n) is 6.36. The van der Waals surface area contributed by atoms with Crippen LogP contribution in [0.4, 0.5) is 5.69 Å². The third-order valence-electron chi connectivity index (χ3n) is 2.98. The monoisotopic (exact) mass is 272 g/mol. The van der Waals surface area contributed by atoms with Gasteiger partial charge in [-0.15, -0.1) is 0 Å². The summed E-state index contributed by atoms with van der Waals surface area (Å²) in [6.45, 7) is 2.68. The molecule has 0 saturated carbocycles. The number of rotatable bonds is 3. The van der Waals surface area contributed by atoms with Crippen molar-refractivity contribution in [1.29, 1.82) is 5.26 Å². The van der Waals surface area contributed by atoms with Crippen molar-refractivity contribution >= 4 is 11.6 Å². The number of hydrogen-bond acceptors (Lipinski definition) is 5. The molecule has 1 saturated heterocycles. The molecule has 0 spiro atoms. The second-order valence-electron chi connectivity index (χ2n) is 4.41. The van der Waals surface area contributed by atoms with Crippen LogP contribution < -0.4 is 10.6 Å². The number of amides is 1. The number of phenols is 1. The van der Waals surface area contributed by atoms with Gasteiger partial charge in [-0.1, -0.05) is 6.07 Å². The molecule has 1 amide bonds. The van der Waals surface area contributed by atoms with E-state index in [0.717, 1.165) is 13.1 Å². The molecule has 20 heavy (non-hydrogen) atoms. The zero-order valence-electron chi connectivity index (χ0n) is 11.0. The molecule has 3 N–H and O–H groups in total. The molecule has 1 aliphatic heterocycles. The van der Waals surface area contributed by atoms with Gasteiger partial charge >= 0.3 is 0 Å². The summed E-state index contributed by atoms with van der Waals surface area (Å²) < 4.78 is 0. The molecule has 0 aromatic heterocycles. The summed E-state index contributed by atoms with van der Waals surface area (Å²) in [5, 5.41) is 24.4. The summed E-state index contributed by atoms with van der Waals surface area (Å²) in [5.41, 5.74) is 0.668. The van der Waals surface area contributed by atoms with Crippen LogP contribution >= 0.6 is 0 Å². The minimum atomic E-state index is -0.276. The second kappa shape index (κ2) is 6.59. The molecule has 6 nitrogen and oxygen atoms in total. The van der Waals surface area contributed by atoms with E-state index in [9.17, 15) is 9.90 Å². The van der Waals surface area contributed by atoms with Crippen molar-refractivity contribution in [1.82, 2.24) is 10.2 Å². The zero-order chi connectivity index (χ0) is 14.4. The number of anilines is 1. The molecule has 0 radical (unpaired) electrons. The number of nitrogens with zero attached hydrogens (tertiary/aromatic N) is 2. The molecule has 6 heteroatoms. The van der Waals surface area contributed by atoms with Crippen molar-refractivity contribution in [3.05, 3.63) is 36.0 Å². The van der Waals surface area contributed by atoms with E-state index < -0.39 is 0 Å². The van der Waals surface area contributed by atoms with Crippen LogP contribution in [0, 0.1) is 11.3 Å². The fraction of sp³-hybridized carbons (Fsp3) is 0.286. The van der Waals surface area contributed by atoms with E-state index in [1.54, 1.807) is 23.1 Å². The molecule has 2 rings (SSSR count). The van der Waals surface area contributed by atoms with Crippen LogP contribution in [0.1, 0.15) is 0 Å². The lowest BCUT2D eigenvalue weighted by Gasteiger charge is -2.27. The van der Waals surface area contributed by atoms with Crippen molar-refractivity contribution in [3.8, 4) is 11.8 Å². The van der Waals surface area contributed by atoms with Gasteiger partial charge in [0.1, 0.15) is 17.4 Å². The van der Waals surface area contributed by atoms with Crippen LogP contribution in [0.2, 0.25) is 0 Å². The molecular weight excluding hydrogens is 256 g/mol. The largest absolute Gasteiger partial charge is 0.508 e. The number of phenolic OH excluding ortho intramolecular Hbond substituents is 1. The first kappa shape index (κ1) is 13.9. The lowest BCUT2D eigenvalue weighted by atomic mass is 10.2. The minimum Gasteiger partial charge on any atom is -0.508 e. The third-order valence-corrected chi connectivity index (χ3v) is 2.98. The van der Waals surface area contributed by atoms with Gasteiger partial charge in [-0.2, -0.15) is 5.26 Å². The normalized spacial score (nSPS) is 15.6. The Kier molecular flexibility index (Phi) is 4.58. The summed E-state index contributed by atoms with van der Waals surface area (Å²) in [7, 11) is 0. The van der Waals surface area contributed by atoms with Crippen LogP contribution in [-0.2, 0) is 4.79 Å². The average molecular weight is 272 g/mol. The molecule has 0 aliphatic carbocycles. The fourth-order valence-electron chi connectivity index (χ4n) is 1.93. The lowest BCUT2D eigenvalue weighted by molar-refractivity contribution is -0.127. The smallest absolute Gasteiger partial charge is 0.266 e. The van der Waals surface area contributed by atoms with Gasteiger partial charge in [0.15, 0.2) is 0 Å². The topological polar surface area (TPSA) is 88.4 Å². The Labute approximate surface area is 117 Å². The van der Waals surface area contributed by atoms with Gasteiger partial charge in [-0.25, -0.2) is 0 Å². The number of carbonyl (C=O) groups excluding carboxylic acids is 1. The highest BCUT2D eigenvalue weighted by atomic mass is 16.3. The number of nitriles is 1. The Balaban J connectivity index is 2.05. The van der Waals surface area contributed by atoms with E-state index in [1.165, 1.54) is 12.3 Å². The first-order valence-corrected chi connectivity index (χ1v) is 6.36. The van der Waals surface area contributed by atoms with Crippen LogP contribution in [0.3, 0.4) is 0 Å². The maximum absolute atomic E-state index is 12.1. The maximum Gasteiger partial charge on any atom is 0.266 e. The van der Waals surface area contributed by atoms with Gasteiger partial charge in [0, 0.05) is 44.1 Å². The molecule has 1 heterocycles. The highest BCUT2D eigenvalue weighted by Crippen LogP contribution is 2.15. The predicted molar refractivity (Wildman–Crippen MR) is 74.9 cm³/mol. The lowest BCUT2D eigenvalue weighted by Crippen LogP contribution is -2.46. The summed E-state index contributed by atoms with van der Waals surface area (Å²) in [4.78, 5) is 13.8. The number of nitrogens with one attached hydrogen (secondary N) is 2. The standard InChI is InChI=1S/C14H16N4O2/c15-9-11(14(20)18-6-4-16-5-7-18)10-17-12-2-1-3-13(19)8-12/h1-3,8,10,16-17,19H,4-7H2/b11-10-. The molecule has 0 bridgehead atoms. The number of piperazine rings is 1. The Hall–Kier alpha value is -2.52. The summed E-state index contributed by atoms with van der Waals surface area (Å²) in [6, 6.07) is 8.38. The van der Waals surface area contributed by atoms with Crippen LogP contribution in [0.15, 0.2) is 36.0 Å². The van der Waals surface area contributed by atoms with Crippen molar-refractivity contribution in [2.45, 2.75) is 0 Å². The van der Waals surface area contributed by atoms with Gasteiger partial charge in [-0.05, 0) is 12.1 Å². The molecular formula is C14H16N4O2. The molecule has 1 aromatic rings. The number of benzene rings is 1. The molecule has 104 valence electrons. The molecule has 0 atom stereocenters. The number of hydrogen-bond donors (Lipinski definition) is 3. The third kappa shape index (κ3) is 3.49. The fourth-order valence-corrected chi connectivity index (χ4v) is 1.93. The van der Waals surface area contributed by atoms with Crippen molar-refractivity contribution in [3.63, 3.8) is 0 Å². The Bertz CT molecular complexity index is 557. The van der Waals surface area contributed by atoms with Crippen LogP contribution in [-0.4, -0.2) is 42.1 Å². The molecule has 1 fully saturated rings. The van der Waals surface area contributed by atoms with Crippen molar-refractivity contribution in [2.75, 3.05) is 31.5 Å². The SMILES string of the molecule is N#C/C(=C/Nc1cccc(O)c1)C(=O)N1CCNCC1. The Morgan fingerprint density at radius 2 is 2.20 bits per heavy atom. The van der Waals surface area contributed by atoms with Gasteiger partial charge in [0.25, 0.3) is 5.91 Å². The average Bonchev–Trinajstić information content (AvgIpc) is 2.48. The zero-order valence-corrected chi connectivity index (χ0v) is 11.0. The minimum absolute atomic E-state index is 0.0512. The Morgan fingerprint density at radius 1 is 1.45 bits per heavy atom. The highest BCUT2D eigenvalue weighted by Gasteiger charge is 2.19. The van der Waals surface area contributed by atoms with E-state index in [-0.39, 0.29) is 17.2 Å². The van der Waals surface area contributed by atoms with Crippen LogP contribution in [0.25, 0.3) is 0 Å². The maximum atomic E-state index is 12.1. The molecule has 0 unspecified atom stereocenters. The Morgan fingerprint density at radius 3 is 2.85 bits per heavy atom. The van der Waals surface area contributed by atoms with Crippen LogP contribution in [0.5, 0.6) is 5.75 Å². The molecule has 1 aliphatic rings. The summed E-state index contributed by atoms with van der Waals surface area (Å²) in [5.74, 6) is -0.156. The summed E-state index contributed by atoms with van der Waals surface area (Å²) >= 11 is 0. The number of carbonyl (C=O) groups is 1. The summed E-state index contributed by atoms with van der Waals surface area (Å²) in [6.07, 6.45) is 1.37. The quantitative estimate of drug-likeness (QED) is 0.555. The van der Waals surface area contributed by atoms with Crippen molar-refractivity contribution < 1.29 is 9.90 Å². The van der Waals surface area contributed by atoms with E-state index in [1.807, 2.05) is 6.07 Å². The second-order valence-corrected chi connectivity index (χ2v) is 4.41. The van der Waals surface area contributed by atoms with Gasteiger partial charge in [-0.3, -0.25) is 4.79 Å². The van der Waals surface area contributed by atoms with Gasteiger partial charge < -0.3 is 20.6 Å². The van der Waals surface area contributed by atoms with Gasteiger partial charge in [0.05, 0.1) is 0 Å². The van der Waals surface area contributed by atoms with E-state index in [4.69, 9.17) is 5.26 Å². The van der Waals surface area contributed by atoms with Gasteiger partial charge in [0.2, 0.25) is 0 Å². The highest BCUT2D eigenvalue weighted by molar-refractivity contribution is 5.97. The predicted octanol–water partition coefficient (Wildman–Crippen LogP) is 0.643.